The van der Waals surface area contributed by atoms with Gasteiger partial charge < -0.3 is 9.47 Å². The van der Waals surface area contributed by atoms with Gasteiger partial charge in [-0.1, -0.05) is 11.6 Å². The topological polar surface area (TPSA) is 79.1 Å². The van der Waals surface area contributed by atoms with Crippen LogP contribution in [0.1, 0.15) is 17.3 Å². The van der Waals surface area contributed by atoms with Crippen molar-refractivity contribution < 1.29 is 14.3 Å². The van der Waals surface area contributed by atoms with Gasteiger partial charge in [0.2, 0.25) is 5.88 Å². The van der Waals surface area contributed by atoms with Crippen molar-refractivity contribution in [3.63, 3.8) is 0 Å². The van der Waals surface area contributed by atoms with Crippen molar-refractivity contribution in [2.24, 2.45) is 0 Å². The molecule has 4 aromatic rings. The van der Waals surface area contributed by atoms with E-state index in [0.717, 1.165) is 5.69 Å². The molecular formula is C20H15ClN4O3. The molecule has 0 N–H and O–H groups in total. The molecule has 0 aliphatic carbocycles. The van der Waals surface area contributed by atoms with Crippen LogP contribution in [0.4, 0.5) is 0 Å². The minimum absolute atomic E-state index is 0.327. The maximum Gasteiger partial charge on any atom is 0.338 e. The van der Waals surface area contributed by atoms with Crippen LogP contribution in [0.25, 0.3) is 16.7 Å². The third kappa shape index (κ3) is 3.52. The van der Waals surface area contributed by atoms with Gasteiger partial charge in [0.15, 0.2) is 5.65 Å². The van der Waals surface area contributed by atoms with E-state index in [1.54, 1.807) is 54.2 Å². The summed E-state index contributed by atoms with van der Waals surface area (Å²) in [5.74, 6) is 0.532. The second kappa shape index (κ2) is 7.66. The fourth-order valence-corrected chi connectivity index (χ4v) is 2.79. The normalized spacial score (nSPS) is 10.8. The number of carbonyl (C=O) groups is 1. The van der Waals surface area contributed by atoms with Gasteiger partial charge in [0.25, 0.3) is 0 Å². The van der Waals surface area contributed by atoms with Crippen molar-refractivity contribution in [2.75, 3.05) is 6.61 Å². The molecule has 140 valence electrons. The van der Waals surface area contributed by atoms with Crippen LogP contribution in [-0.2, 0) is 4.74 Å². The molecule has 0 aliphatic rings. The van der Waals surface area contributed by atoms with Gasteiger partial charge >= 0.3 is 5.97 Å². The molecule has 0 bridgehead atoms. The van der Waals surface area contributed by atoms with Crippen LogP contribution in [0.5, 0.6) is 11.6 Å². The van der Waals surface area contributed by atoms with Crippen LogP contribution in [0, 0.1) is 0 Å². The van der Waals surface area contributed by atoms with Crippen LogP contribution < -0.4 is 4.74 Å². The monoisotopic (exact) mass is 394 g/mol. The molecule has 0 spiro atoms. The van der Waals surface area contributed by atoms with Crippen LogP contribution in [0.15, 0.2) is 61.1 Å². The van der Waals surface area contributed by atoms with E-state index in [1.807, 2.05) is 12.1 Å². The molecule has 28 heavy (non-hydrogen) atoms. The summed E-state index contributed by atoms with van der Waals surface area (Å²) in [6, 6.07) is 13.9. The number of carbonyl (C=O) groups excluding carboxylic acids is 1. The first-order valence-electron chi connectivity index (χ1n) is 8.55. The van der Waals surface area contributed by atoms with Gasteiger partial charge in [-0.25, -0.2) is 19.4 Å². The molecule has 8 heteroatoms. The number of ether oxygens (including phenoxy) is 2. The second-order valence-corrected chi connectivity index (χ2v) is 6.23. The highest BCUT2D eigenvalue weighted by molar-refractivity contribution is 6.30. The fraction of sp³-hybridized carbons (Fsp3) is 0.100. The Bertz CT molecular complexity index is 1120. The highest BCUT2D eigenvalue weighted by Crippen LogP contribution is 2.28. The van der Waals surface area contributed by atoms with Crippen LogP contribution in [0.2, 0.25) is 5.02 Å². The Kier molecular flexibility index (Phi) is 4.90. The lowest BCUT2D eigenvalue weighted by atomic mass is 10.2. The average molecular weight is 395 g/mol. The standard InChI is InChI=1S/C20H15ClN4O3/c1-2-27-20(26)13-3-9-16(10-4-13)28-19-17-11-24-25(18(17)22-12-23-19)15-7-5-14(21)6-8-15/h3-12H,2H2,1H3. The van der Waals surface area contributed by atoms with E-state index in [4.69, 9.17) is 21.1 Å². The Hall–Kier alpha value is -3.45. The summed E-state index contributed by atoms with van der Waals surface area (Å²) < 4.78 is 12.5. The number of rotatable bonds is 5. The fourth-order valence-electron chi connectivity index (χ4n) is 2.66. The van der Waals surface area contributed by atoms with Gasteiger partial charge in [0.05, 0.1) is 24.1 Å². The van der Waals surface area contributed by atoms with Gasteiger partial charge in [0, 0.05) is 5.02 Å². The minimum Gasteiger partial charge on any atom is -0.462 e. The third-order valence-corrected chi connectivity index (χ3v) is 4.23. The quantitative estimate of drug-likeness (QED) is 0.466. The lowest BCUT2D eigenvalue weighted by molar-refractivity contribution is 0.0526. The molecule has 0 amide bonds. The first kappa shape index (κ1) is 17.9. The zero-order valence-corrected chi connectivity index (χ0v) is 15.6. The maximum atomic E-state index is 11.7. The maximum absolute atomic E-state index is 11.7. The largest absolute Gasteiger partial charge is 0.462 e. The predicted octanol–water partition coefficient (Wildman–Crippen LogP) is 4.44. The Morgan fingerprint density at radius 2 is 1.82 bits per heavy atom. The lowest BCUT2D eigenvalue weighted by Gasteiger charge is -2.07. The number of hydrogen-bond acceptors (Lipinski definition) is 6. The van der Waals surface area contributed by atoms with E-state index in [2.05, 4.69) is 15.1 Å². The summed E-state index contributed by atoms with van der Waals surface area (Å²) >= 11 is 5.95. The lowest BCUT2D eigenvalue weighted by Crippen LogP contribution is -2.04. The molecule has 2 heterocycles. The molecule has 0 saturated heterocycles. The average Bonchev–Trinajstić information content (AvgIpc) is 3.14. The number of esters is 1. The number of halogens is 1. The highest BCUT2D eigenvalue weighted by atomic mass is 35.5. The summed E-state index contributed by atoms with van der Waals surface area (Å²) in [5, 5.41) is 5.69. The number of hydrogen-bond donors (Lipinski definition) is 0. The smallest absolute Gasteiger partial charge is 0.338 e. The van der Waals surface area contributed by atoms with Gasteiger partial charge in [-0.15, -0.1) is 0 Å². The van der Waals surface area contributed by atoms with Gasteiger partial charge in [-0.2, -0.15) is 5.10 Å². The van der Waals surface area contributed by atoms with Crippen molar-refractivity contribution >= 4 is 28.6 Å². The first-order chi connectivity index (χ1) is 13.7. The van der Waals surface area contributed by atoms with Gasteiger partial charge in [-0.05, 0) is 55.5 Å². The number of nitrogens with zero attached hydrogens (tertiary/aromatic N) is 4. The molecule has 0 saturated carbocycles. The third-order valence-electron chi connectivity index (χ3n) is 3.98. The molecule has 7 nitrogen and oxygen atoms in total. The number of benzene rings is 2. The Morgan fingerprint density at radius 3 is 2.54 bits per heavy atom. The molecule has 0 fully saturated rings. The molecule has 0 unspecified atom stereocenters. The number of aromatic nitrogens is 4. The predicted molar refractivity (Wildman–Crippen MR) is 104 cm³/mol. The summed E-state index contributed by atoms with van der Waals surface area (Å²) in [7, 11) is 0. The second-order valence-electron chi connectivity index (χ2n) is 5.80. The Labute approximate surface area is 165 Å². The summed E-state index contributed by atoms with van der Waals surface area (Å²) in [6.07, 6.45) is 3.06. The van der Waals surface area contributed by atoms with E-state index in [0.29, 0.717) is 39.9 Å². The van der Waals surface area contributed by atoms with Crippen molar-refractivity contribution in [1.82, 2.24) is 19.7 Å². The van der Waals surface area contributed by atoms with E-state index in [9.17, 15) is 4.79 Å². The van der Waals surface area contributed by atoms with E-state index in [-0.39, 0.29) is 5.97 Å². The first-order valence-corrected chi connectivity index (χ1v) is 8.93. The zero-order valence-electron chi connectivity index (χ0n) is 14.9. The van der Waals surface area contributed by atoms with Crippen molar-refractivity contribution in [2.45, 2.75) is 6.92 Å². The summed E-state index contributed by atoms with van der Waals surface area (Å²) in [5.41, 5.74) is 1.89. The van der Waals surface area contributed by atoms with E-state index >= 15 is 0 Å². The molecule has 0 radical (unpaired) electrons. The van der Waals surface area contributed by atoms with Crippen LogP contribution in [-0.4, -0.2) is 32.3 Å². The summed E-state index contributed by atoms with van der Waals surface area (Å²) in [4.78, 5) is 20.3. The van der Waals surface area contributed by atoms with Crippen molar-refractivity contribution in [3.05, 3.63) is 71.6 Å². The number of fused-ring (bicyclic) bond motifs is 1. The van der Waals surface area contributed by atoms with E-state index in [1.165, 1.54) is 6.33 Å². The van der Waals surface area contributed by atoms with E-state index < -0.39 is 0 Å². The molecule has 0 atom stereocenters. The van der Waals surface area contributed by atoms with Gasteiger partial charge in [0.1, 0.15) is 17.5 Å². The summed E-state index contributed by atoms with van der Waals surface area (Å²) in [6.45, 7) is 2.09. The minimum atomic E-state index is -0.372. The Balaban J connectivity index is 1.63. The molecule has 4 rings (SSSR count). The van der Waals surface area contributed by atoms with Crippen molar-refractivity contribution in [1.29, 1.82) is 0 Å². The Morgan fingerprint density at radius 1 is 1.07 bits per heavy atom. The van der Waals surface area contributed by atoms with Crippen LogP contribution in [0.3, 0.4) is 0 Å². The molecule has 2 aromatic carbocycles. The van der Waals surface area contributed by atoms with Crippen LogP contribution >= 0.6 is 11.6 Å². The van der Waals surface area contributed by atoms with Gasteiger partial charge in [-0.3, -0.25) is 0 Å². The van der Waals surface area contributed by atoms with Crippen molar-refractivity contribution in [3.8, 4) is 17.3 Å². The molecule has 0 aliphatic heterocycles. The molecule has 2 aromatic heterocycles. The highest BCUT2D eigenvalue weighted by Gasteiger charge is 2.13. The zero-order chi connectivity index (χ0) is 19.5. The molecular weight excluding hydrogens is 380 g/mol. The SMILES string of the molecule is CCOC(=O)c1ccc(Oc2ncnc3c2cnn3-c2ccc(Cl)cc2)cc1.